The number of hydrogen-bond acceptors (Lipinski definition) is 7. The molecule has 1 aromatic carbocycles. The van der Waals surface area contributed by atoms with Crippen molar-refractivity contribution in [3.8, 4) is 0 Å². The van der Waals surface area contributed by atoms with E-state index in [9.17, 15) is 4.79 Å². The van der Waals surface area contributed by atoms with Crippen LogP contribution in [0, 0.1) is 6.92 Å². The Morgan fingerprint density at radius 3 is 2.88 bits per heavy atom. The zero-order valence-corrected chi connectivity index (χ0v) is 13.8. The van der Waals surface area contributed by atoms with E-state index in [0.717, 1.165) is 11.4 Å². The van der Waals surface area contributed by atoms with E-state index in [1.165, 1.54) is 11.8 Å². The van der Waals surface area contributed by atoms with Crippen LogP contribution in [0.5, 0.6) is 0 Å². The molecule has 0 bridgehead atoms. The average molecular weight is 344 g/mol. The first-order chi connectivity index (χ1) is 11.7. The molecule has 0 atom stereocenters. The van der Waals surface area contributed by atoms with Crippen molar-refractivity contribution in [3.05, 3.63) is 53.4 Å². The zero-order valence-electron chi connectivity index (χ0n) is 13.0. The second-order valence-electron chi connectivity index (χ2n) is 5.04. The van der Waals surface area contributed by atoms with Crippen molar-refractivity contribution < 1.29 is 9.32 Å². The molecule has 2 aromatic heterocycles. The maximum absolute atomic E-state index is 11.9. The quantitative estimate of drug-likeness (QED) is 0.627. The van der Waals surface area contributed by atoms with Crippen LogP contribution in [0.15, 0.2) is 40.0 Å². The smallest absolute Gasteiger partial charge is 0.237 e. The molecule has 0 aliphatic carbocycles. The van der Waals surface area contributed by atoms with Crippen molar-refractivity contribution in [1.82, 2.24) is 30.6 Å². The highest BCUT2D eigenvalue weighted by Crippen LogP contribution is 2.17. The predicted octanol–water partition coefficient (Wildman–Crippen LogP) is 1.65. The molecule has 124 valence electrons. The molecule has 0 aliphatic rings. The van der Waals surface area contributed by atoms with E-state index in [4.69, 9.17) is 4.52 Å². The number of nitrogens with one attached hydrogen (secondary N) is 2. The highest BCUT2D eigenvalue weighted by Gasteiger charge is 2.12. The molecule has 0 spiro atoms. The summed E-state index contributed by atoms with van der Waals surface area (Å²) < 4.78 is 5.13. The third kappa shape index (κ3) is 4.66. The molecule has 0 aliphatic heterocycles. The van der Waals surface area contributed by atoms with Crippen molar-refractivity contribution in [2.75, 3.05) is 0 Å². The highest BCUT2D eigenvalue weighted by molar-refractivity contribution is 7.98. The number of benzene rings is 1. The SMILES string of the molecule is Cc1nc(SCc2nc(CC(=O)NCc3ccccc3)no2)n[nH]1. The molecule has 2 heterocycles. The van der Waals surface area contributed by atoms with Crippen molar-refractivity contribution in [2.45, 2.75) is 30.8 Å². The number of aromatic amines is 1. The van der Waals surface area contributed by atoms with Gasteiger partial charge in [-0.25, -0.2) is 4.98 Å². The molecular weight excluding hydrogens is 328 g/mol. The van der Waals surface area contributed by atoms with Crippen LogP contribution in [0.1, 0.15) is 23.1 Å². The number of hydrogen-bond donors (Lipinski definition) is 2. The van der Waals surface area contributed by atoms with Gasteiger partial charge in [0, 0.05) is 6.54 Å². The van der Waals surface area contributed by atoms with Crippen LogP contribution < -0.4 is 5.32 Å². The molecule has 1 amide bonds. The fourth-order valence-electron chi connectivity index (χ4n) is 1.94. The van der Waals surface area contributed by atoms with E-state index in [1.54, 1.807) is 0 Å². The fraction of sp³-hybridized carbons (Fsp3) is 0.267. The predicted molar refractivity (Wildman–Crippen MR) is 87.0 cm³/mol. The van der Waals surface area contributed by atoms with Gasteiger partial charge in [0.25, 0.3) is 0 Å². The van der Waals surface area contributed by atoms with E-state index in [-0.39, 0.29) is 12.3 Å². The minimum Gasteiger partial charge on any atom is -0.352 e. The summed E-state index contributed by atoms with van der Waals surface area (Å²) in [5.41, 5.74) is 1.04. The first kappa shape index (κ1) is 16.2. The van der Waals surface area contributed by atoms with Gasteiger partial charge >= 0.3 is 0 Å². The van der Waals surface area contributed by atoms with Gasteiger partial charge in [-0.3, -0.25) is 9.89 Å². The minimum atomic E-state index is -0.150. The topological polar surface area (TPSA) is 110 Å². The number of thioether (sulfide) groups is 1. The standard InChI is InChI=1S/C15H16N6O2S/c1-10-17-15(20-19-10)24-9-14-18-12(21-23-14)7-13(22)16-8-11-5-3-2-4-6-11/h2-6H,7-9H2,1H3,(H,16,22)(H,17,19,20). The fourth-order valence-corrected chi connectivity index (χ4v) is 2.62. The third-order valence-electron chi connectivity index (χ3n) is 3.06. The molecule has 9 heteroatoms. The minimum absolute atomic E-state index is 0.0841. The monoisotopic (exact) mass is 344 g/mol. The van der Waals surface area contributed by atoms with Crippen molar-refractivity contribution in [3.63, 3.8) is 0 Å². The lowest BCUT2D eigenvalue weighted by Gasteiger charge is -2.03. The largest absolute Gasteiger partial charge is 0.352 e. The Balaban J connectivity index is 1.45. The van der Waals surface area contributed by atoms with Crippen LogP contribution in [-0.4, -0.2) is 31.2 Å². The lowest BCUT2D eigenvalue weighted by molar-refractivity contribution is -0.120. The molecule has 0 saturated heterocycles. The molecule has 0 fully saturated rings. The number of aryl methyl sites for hydroxylation is 1. The van der Waals surface area contributed by atoms with Crippen LogP contribution >= 0.6 is 11.8 Å². The van der Waals surface area contributed by atoms with E-state index in [0.29, 0.717) is 29.2 Å². The molecule has 8 nitrogen and oxygen atoms in total. The van der Waals surface area contributed by atoms with Gasteiger partial charge in [0.15, 0.2) is 5.82 Å². The van der Waals surface area contributed by atoms with Crippen LogP contribution in [0.25, 0.3) is 0 Å². The van der Waals surface area contributed by atoms with Crippen LogP contribution in [-0.2, 0) is 23.5 Å². The first-order valence-corrected chi connectivity index (χ1v) is 8.31. The Morgan fingerprint density at radius 1 is 1.29 bits per heavy atom. The number of carbonyl (C=O) groups is 1. The number of amides is 1. The average Bonchev–Trinajstić information content (AvgIpc) is 3.21. The summed E-state index contributed by atoms with van der Waals surface area (Å²) in [6.45, 7) is 2.31. The van der Waals surface area contributed by atoms with Gasteiger partial charge in [0.2, 0.25) is 17.0 Å². The normalized spacial score (nSPS) is 10.7. The van der Waals surface area contributed by atoms with Crippen molar-refractivity contribution in [2.24, 2.45) is 0 Å². The number of carbonyl (C=O) groups excluding carboxylic acids is 1. The summed E-state index contributed by atoms with van der Waals surface area (Å²) in [4.78, 5) is 20.3. The third-order valence-corrected chi connectivity index (χ3v) is 3.89. The Bertz CT molecular complexity index is 801. The van der Waals surface area contributed by atoms with Gasteiger partial charge in [-0.15, -0.1) is 5.10 Å². The maximum Gasteiger partial charge on any atom is 0.237 e. The van der Waals surface area contributed by atoms with Crippen LogP contribution in [0.3, 0.4) is 0 Å². The van der Waals surface area contributed by atoms with Gasteiger partial charge in [0.05, 0.1) is 12.2 Å². The van der Waals surface area contributed by atoms with E-state index < -0.39 is 0 Å². The zero-order chi connectivity index (χ0) is 16.8. The van der Waals surface area contributed by atoms with Crippen molar-refractivity contribution >= 4 is 17.7 Å². The highest BCUT2D eigenvalue weighted by atomic mass is 32.2. The summed E-state index contributed by atoms with van der Waals surface area (Å²) in [5, 5.41) is 14.0. The number of H-pyrrole nitrogens is 1. The summed E-state index contributed by atoms with van der Waals surface area (Å²) >= 11 is 1.38. The van der Waals surface area contributed by atoms with Crippen molar-refractivity contribution in [1.29, 1.82) is 0 Å². The van der Waals surface area contributed by atoms with E-state index >= 15 is 0 Å². The number of aromatic nitrogens is 5. The summed E-state index contributed by atoms with van der Waals surface area (Å²) in [6.07, 6.45) is 0.0841. The Labute approximate surface area is 142 Å². The Kier molecular flexibility index (Phi) is 5.22. The second-order valence-corrected chi connectivity index (χ2v) is 5.98. The van der Waals surface area contributed by atoms with Crippen LogP contribution in [0.2, 0.25) is 0 Å². The Hall–Kier alpha value is -2.68. The first-order valence-electron chi connectivity index (χ1n) is 7.33. The van der Waals surface area contributed by atoms with Gasteiger partial charge in [-0.1, -0.05) is 47.3 Å². The molecule has 2 N–H and O–H groups in total. The molecule has 0 saturated carbocycles. The molecule has 3 aromatic rings. The van der Waals surface area contributed by atoms with Gasteiger partial charge in [0.1, 0.15) is 5.82 Å². The molecule has 24 heavy (non-hydrogen) atoms. The number of rotatable bonds is 7. The molecule has 0 radical (unpaired) electrons. The second kappa shape index (κ2) is 7.73. The Morgan fingerprint density at radius 2 is 2.12 bits per heavy atom. The van der Waals surface area contributed by atoms with Gasteiger partial charge < -0.3 is 9.84 Å². The van der Waals surface area contributed by atoms with E-state index in [1.807, 2.05) is 37.3 Å². The van der Waals surface area contributed by atoms with Gasteiger partial charge in [-0.05, 0) is 12.5 Å². The number of nitrogens with zero attached hydrogens (tertiary/aromatic N) is 4. The maximum atomic E-state index is 11.9. The lowest BCUT2D eigenvalue weighted by Crippen LogP contribution is -2.24. The van der Waals surface area contributed by atoms with Crippen LogP contribution in [0.4, 0.5) is 0 Å². The molecule has 3 rings (SSSR count). The lowest BCUT2D eigenvalue weighted by atomic mass is 10.2. The summed E-state index contributed by atoms with van der Waals surface area (Å²) in [6, 6.07) is 9.70. The van der Waals surface area contributed by atoms with Gasteiger partial charge in [-0.2, -0.15) is 4.98 Å². The summed E-state index contributed by atoms with van der Waals surface area (Å²) in [5.74, 6) is 1.86. The summed E-state index contributed by atoms with van der Waals surface area (Å²) in [7, 11) is 0. The molecule has 0 unspecified atom stereocenters. The molecular formula is C15H16N6O2S. The van der Waals surface area contributed by atoms with E-state index in [2.05, 4.69) is 30.6 Å².